The first-order valence-corrected chi connectivity index (χ1v) is 18.3. The minimum Gasteiger partial charge on any atom is -0.427 e. The molecule has 5 aromatic rings. The zero-order valence-corrected chi connectivity index (χ0v) is 30.1. The van der Waals surface area contributed by atoms with Crippen LogP contribution in [-0.2, 0) is 22.4 Å². The van der Waals surface area contributed by atoms with Gasteiger partial charge in [0.2, 0.25) is 0 Å². The molecule has 0 unspecified atom stereocenters. The van der Waals surface area contributed by atoms with Gasteiger partial charge < -0.3 is 9.47 Å². The summed E-state index contributed by atoms with van der Waals surface area (Å²) in [6, 6.07) is 38.1. The molecule has 0 saturated carbocycles. The largest absolute Gasteiger partial charge is 0.427 e. The number of carbonyl (C=O) groups is 2. The van der Waals surface area contributed by atoms with Gasteiger partial charge in [0.1, 0.15) is 11.5 Å². The molecule has 4 heteroatoms. The average molecular weight is 667 g/mol. The topological polar surface area (TPSA) is 52.6 Å². The lowest BCUT2D eigenvalue weighted by Gasteiger charge is -2.18. The fraction of sp³-hybridized carbons (Fsp3) is 0.304. The summed E-state index contributed by atoms with van der Waals surface area (Å²) in [5, 5.41) is 0. The van der Waals surface area contributed by atoms with Crippen molar-refractivity contribution in [2.24, 2.45) is 0 Å². The standard InChI is InChI=1S/C46H50O4/c1-5-7-9-11-13-41-31-46(40-21-17-36(18-22-40)38-25-29-44(30-26-38)50-34(4)48)42(14-12-10-8-6-2)32-45(41)39-19-15-35(16-20-39)37-23-27-43(28-24-37)49-33(3)47/h15-32H,5-14H2,1-4H3. The highest BCUT2D eigenvalue weighted by Crippen LogP contribution is 2.37. The molecule has 0 fully saturated rings. The van der Waals surface area contributed by atoms with Crippen LogP contribution < -0.4 is 9.47 Å². The van der Waals surface area contributed by atoms with Gasteiger partial charge in [0, 0.05) is 13.8 Å². The lowest BCUT2D eigenvalue weighted by Crippen LogP contribution is -2.00. The molecule has 0 amide bonds. The molecule has 0 heterocycles. The van der Waals surface area contributed by atoms with E-state index in [4.69, 9.17) is 9.47 Å². The third kappa shape index (κ3) is 10.0. The fourth-order valence-corrected chi connectivity index (χ4v) is 6.57. The predicted octanol–water partition coefficient (Wildman–Crippen LogP) is 12.5. The molecule has 0 aliphatic heterocycles. The minimum atomic E-state index is -0.315. The molecule has 4 nitrogen and oxygen atoms in total. The van der Waals surface area contributed by atoms with Gasteiger partial charge in [-0.05, 0) is 106 Å². The third-order valence-electron chi connectivity index (χ3n) is 9.22. The van der Waals surface area contributed by atoms with Crippen LogP contribution in [0.5, 0.6) is 11.5 Å². The van der Waals surface area contributed by atoms with E-state index in [1.807, 2.05) is 48.5 Å². The molecule has 0 bridgehead atoms. The molecule has 0 saturated heterocycles. The zero-order chi connectivity index (χ0) is 35.3. The number of rotatable bonds is 16. The van der Waals surface area contributed by atoms with E-state index in [9.17, 15) is 9.59 Å². The lowest BCUT2D eigenvalue weighted by atomic mass is 9.86. The van der Waals surface area contributed by atoms with Gasteiger partial charge in [0.05, 0.1) is 0 Å². The second-order valence-electron chi connectivity index (χ2n) is 13.2. The Hall–Kier alpha value is -4.96. The van der Waals surface area contributed by atoms with E-state index >= 15 is 0 Å². The Morgan fingerprint density at radius 2 is 0.720 bits per heavy atom. The summed E-state index contributed by atoms with van der Waals surface area (Å²) < 4.78 is 10.4. The van der Waals surface area contributed by atoms with E-state index in [0.717, 1.165) is 35.1 Å². The van der Waals surface area contributed by atoms with Gasteiger partial charge in [-0.25, -0.2) is 0 Å². The van der Waals surface area contributed by atoms with Crippen molar-refractivity contribution in [3.8, 4) is 56.0 Å². The van der Waals surface area contributed by atoms with Crippen molar-refractivity contribution in [2.75, 3.05) is 0 Å². The molecule has 0 aromatic heterocycles. The molecule has 5 rings (SSSR count). The number of carbonyl (C=O) groups excluding carboxylic acids is 2. The summed E-state index contributed by atoms with van der Waals surface area (Å²) in [6.45, 7) is 7.36. The van der Waals surface area contributed by atoms with E-state index in [1.54, 1.807) is 0 Å². The fourth-order valence-electron chi connectivity index (χ4n) is 6.57. The molecule has 258 valence electrons. The van der Waals surface area contributed by atoms with Crippen LogP contribution in [0.1, 0.15) is 90.2 Å². The van der Waals surface area contributed by atoms with Gasteiger partial charge in [0.25, 0.3) is 0 Å². The van der Waals surface area contributed by atoms with E-state index in [1.165, 1.54) is 98.6 Å². The first-order chi connectivity index (χ1) is 24.3. The van der Waals surface area contributed by atoms with Crippen molar-refractivity contribution in [1.82, 2.24) is 0 Å². The number of aryl methyl sites for hydroxylation is 2. The van der Waals surface area contributed by atoms with Gasteiger partial charge >= 0.3 is 11.9 Å². The summed E-state index contributed by atoms with van der Waals surface area (Å²) in [7, 11) is 0. The third-order valence-corrected chi connectivity index (χ3v) is 9.22. The van der Waals surface area contributed by atoms with Crippen LogP contribution >= 0.6 is 0 Å². The Labute approximate surface area is 298 Å². The Balaban J connectivity index is 1.49. The number of unbranched alkanes of at least 4 members (excludes halogenated alkanes) is 6. The van der Waals surface area contributed by atoms with Crippen molar-refractivity contribution in [2.45, 2.75) is 91.9 Å². The van der Waals surface area contributed by atoms with Crippen LogP contribution in [0.2, 0.25) is 0 Å². The van der Waals surface area contributed by atoms with Crippen LogP contribution in [0, 0.1) is 0 Å². The Kier molecular flexibility index (Phi) is 13.2. The maximum absolute atomic E-state index is 11.3. The second-order valence-corrected chi connectivity index (χ2v) is 13.2. The zero-order valence-electron chi connectivity index (χ0n) is 30.1. The number of ether oxygens (including phenoxy) is 2. The first-order valence-electron chi connectivity index (χ1n) is 18.3. The highest BCUT2D eigenvalue weighted by atomic mass is 16.5. The highest BCUT2D eigenvalue weighted by molar-refractivity contribution is 5.80. The Morgan fingerprint density at radius 3 is 1.02 bits per heavy atom. The molecule has 0 N–H and O–H groups in total. The molecule has 0 radical (unpaired) electrons. The van der Waals surface area contributed by atoms with Crippen LogP contribution in [-0.4, -0.2) is 11.9 Å². The maximum Gasteiger partial charge on any atom is 0.308 e. The Bertz CT molecular complexity index is 1700. The van der Waals surface area contributed by atoms with Crippen LogP contribution in [0.15, 0.2) is 109 Å². The number of esters is 2. The number of benzene rings is 5. The lowest BCUT2D eigenvalue weighted by molar-refractivity contribution is -0.132. The quantitative estimate of drug-likeness (QED) is 0.0597. The highest BCUT2D eigenvalue weighted by Gasteiger charge is 2.15. The minimum absolute atomic E-state index is 0.315. The van der Waals surface area contributed by atoms with Crippen molar-refractivity contribution in [3.05, 3.63) is 120 Å². The van der Waals surface area contributed by atoms with Crippen molar-refractivity contribution in [1.29, 1.82) is 0 Å². The summed E-state index contributed by atoms with van der Waals surface area (Å²) >= 11 is 0. The average Bonchev–Trinajstić information content (AvgIpc) is 3.12. The van der Waals surface area contributed by atoms with Crippen LogP contribution in [0.3, 0.4) is 0 Å². The molecule has 0 spiro atoms. The molecule has 0 aliphatic carbocycles. The molecule has 0 aliphatic rings. The van der Waals surface area contributed by atoms with Gasteiger partial charge in [-0.1, -0.05) is 137 Å². The smallest absolute Gasteiger partial charge is 0.308 e. The predicted molar refractivity (Wildman–Crippen MR) is 206 cm³/mol. The van der Waals surface area contributed by atoms with E-state index < -0.39 is 0 Å². The molecular formula is C46H50O4. The van der Waals surface area contributed by atoms with Gasteiger partial charge in [-0.3, -0.25) is 9.59 Å². The first kappa shape index (κ1) is 36.3. The van der Waals surface area contributed by atoms with Crippen molar-refractivity contribution in [3.63, 3.8) is 0 Å². The maximum atomic E-state index is 11.3. The Morgan fingerprint density at radius 1 is 0.420 bits per heavy atom. The van der Waals surface area contributed by atoms with E-state index in [2.05, 4.69) is 74.5 Å². The van der Waals surface area contributed by atoms with Gasteiger partial charge in [-0.15, -0.1) is 0 Å². The molecular weight excluding hydrogens is 617 g/mol. The number of hydrogen-bond acceptors (Lipinski definition) is 4. The molecule has 0 atom stereocenters. The SMILES string of the molecule is CCCCCCc1cc(-c2ccc(-c3ccc(OC(C)=O)cc3)cc2)c(CCCCCC)cc1-c1ccc(-c2ccc(OC(C)=O)cc2)cc1. The second kappa shape index (κ2) is 18.2. The van der Waals surface area contributed by atoms with Crippen molar-refractivity contribution < 1.29 is 19.1 Å². The van der Waals surface area contributed by atoms with E-state index in [0.29, 0.717) is 11.5 Å². The summed E-state index contributed by atoms with van der Waals surface area (Å²) in [6.07, 6.45) is 11.9. The van der Waals surface area contributed by atoms with Gasteiger partial charge in [-0.2, -0.15) is 0 Å². The normalized spacial score (nSPS) is 11.0. The van der Waals surface area contributed by atoms with Crippen molar-refractivity contribution >= 4 is 11.9 Å². The molecule has 5 aromatic carbocycles. The monoisotopic (exact) mass is 666 g/mol. The summed E-state index contributed by atoms with van der Waals surface area (Å²) in [5.74, 6) is 0.484. The molecule has 50 heavy (non-hydrogen) atoms. The summed E-state index contributed by atoms with van der Waals surface area (Å²) in [4.78, 5) is 22.7. The van der Waals surface area contributed by atoms with Gasteiger partial charge in [0.15, 0.2) is 0 Å². The van der Waals surface area contributed by atoms with Crippen LogP contribution in [0.4, 0.5) is 0 Å². The van der Waals surface area contributed by atoms with E-state index in [-0.39, 0.29) is 11.9 Å². The van der Waals surface area contributed by atoms with Crippen LogP contribution in [0.25, 0.3) is 44.5 Å². The summed E-state index contributed by atoms with van der Waals surface area (Å²) in [5.41, 5.74) is 12.4. The number of hydrogen-bond donors (Lipinski definition) is 0.